The SMILES string of the molecule is CCn1c(SCc2cccc(Br)c2)nnc1-c1cccc(N(C)C)c1. The van der Waals surface area contributed by atoms with Crippen molar-refractivity contribution in [1.82, 2.24) is 14.8 Å². The topological polar surface area (TPSA) is 34.0 Å². The second kappa shape index (κ2) is 8.06. The molecule has 0 atom stereocenters. The van der Waals surface area contributed by atoms with Gasteiger partial charge in [-0.3, -0.25) is 0 Å². The maximum absolute atomic E-state index is 4.45. The van der Waals surface area contributed by atoms with Gasteiger partial charge >= 0.3 is 0 Å². The van der Waals surface area contributed by atoms with Crippen LogP contribution in [0.5, 0.6) is 0 Å². The van der Waals surface area contributed by atoms with E-state index in [1.165, 1.54) is 5.56 Å². The highest BCUT2D eigenvalue weighted by atomic mass is 79.9. The molecule has 6 heteroatoms. The highest BCUT2D eigenvalue weighted by Gasteiger charge is 2.14. The molecule has 0 bridgehead atoms. The largest absolute Gasteiger partial charge is 0.378 e. The third-order valence-electron chi connectivity index (χ3n) is 3.91. The summed E-state index contributed by atoms with van der Waals surface area (Å²) >= 11 is 5.24. The third-order valence-corrected chi connectivity index (χ3v) is 5.44. The lowest BCUT2D eigenvalue weighted by Crippen LogP contribution is -2.08. The number of halogens is 1. The lowest BCUT2D eigenvalue weighted by atomic mass is 10.2. The molecule has 0 radical (unpaired) electrons. The van der Waals surface area contributed by atoms with E-state index in [1.807, 2.05) is 20.2 Å². The van der Waals surface area contributed by atoms with Crippen molar-refractivity contribution < 1.29 is 0 Å². The van der Waals surface area contributed by atoms with Gasteiger partial charge in [-0.25, -0.2) is 0 Å². The Balaban J connectivity index is 1.85. The smallest absolute Gasteiger partial charge is 0.191 e. The highest BCUT2D eigenvalue weighted by molar-refractivity contribution is 9.10. The molecule has 1 heterocycles. The molecule has 0 aliphatic heterocycles. The first-order valence-electron chi connectivity index (χ1n) is 8.16. The second-order valence-corrected chi connectivity index (χ2v) is 7.77. The average molecular weight is 417 g/mol. The maximum Gasteiger partial charge on any atom is 0.191 e. The monoisotopic (exact) mass is 416 g/mol. The summed E-state index contributed by atoms with van der Waals surface area (Å²) in [5, 5.41) is 9.83. The maximum atomic E-state index is 4.45. The molecule has 3 rings (SSSR count). The van der Waals surface area contributed by atoms with Crippen molar-refractivity contribution >= 4 is 33.4 Å². The minimum absolute atomic E-state index is 0.843. The van der Waals surface area contributed by atoms with Crippen LogP contribution in [-0.4, -0.2) is 28.9 Å². The van der Waals surface area contributed by atoms with E-state index in [2.05, 4.69) is 85.0 Å². The van der Waals surface area contributed by atoms with E-state index in [9.17, 15) is 0 Å². The summed E-state index contributed by atoms with van der Waals surface area (Å²) < 4.78 is 3.28. The first-order chi connectivity index (χ1) is 12.1. The second-order valence-electron chi connectivity index (χ2n) is 5.91. The highest BCUT2D eigenvalue weighted by Crippen LogP contribution is 2.28. The molecule has 0 aliphatic rings. The van der Waals surface area contributed by atoms with E-state index in [4.69, 9.17) is 0 Å². The van der Waals surface area contributed by atoms with Gasteiger partial charge in [0.15, 0.2) is 11.0 Å². The number of rotatable bonds is 6. The van der Waals surface area contributed by atoms with Gasteiger partial charge in [-0.15, -0.1) is 10.2 Å². The molecule has 0 spiro atoms. The zero-order chi connectivity index (χ0) is 17.8. The normalized spacial score (nSPS) is 10.9. The van der Waals surface area contributed by atoms with Gasteiger partial charge < -0.3 is 9.47 Å². The fraction of sp³-hybridized carbons (Fsp3) is 0.263. The van der Waals surface area contributed by atoms with Crippen LogP contribution in [-0.2, 0) is 12.3 Å². The van der Waals surface area contributed by atoms with E-state index in [0.717, 1.165) is 39.0 Å². The lowest BCUT2D eigenvalue weighted by molar-refractivity contribution is 0.687. The van der Waals surface area contributed by atoms with Gasteiger partial charge in [-0.1, -0.05) is 52.0 Å². The Hall–Kier alpha value is -1.79. The average Bonchev–Trinajstić information content (AvgIpc) is 3.03. The Morgan fingerprint density at radius 1 is 1.08 bits per heavy atom. The molecule has 2 aromatic carbocycles. The molecule has 25 heavy (non-hydrogen) atoms. The van der Waals surface area contributed by atoms with Gasteiger partial charge in [-0.05, 0) is 36.8 Å². The predicted octanol–water partition coefficient (Wildman–Crippen LogP) is 5.09. The first kappa shape index (κ1) is 18.0. The minimum atomic E-state index is 0.843. The molecule has 0 N–H and O–H groups in total. The van der Waals surface area contributed by atoms with Crippen LogP contribution in [0.25, 0.3) is 11.4 Å². The predicted molar refractivity (Wildman–Crippen MR) is 109 cm³/mol. The fourth-order valence-corrected chi connectivity index (χ4v) is 3.98. The van der Waals surface area contributed by atoms with E-state index in [-0.39, 0.29) is 0 Å². The number of anilines is 1. The van der Waals surface area contributed by atoms with Crippen LogP contribution < -0.4 is 4.90 Å². The van der Waals surface area contributed by atoms with Crippen LogP contribution in [0.2, 0.25) is 0 Å². The number of nitrogens with zero attached hydrogens (tertiary/aromatic N) is 4. The molecule has 130 valence electrons. The molecular formula is C19H21BrN4S. The Bertz CT molecular complexity index is 860. The van der Waals surface area contributed by atoms with Crippen molar-refractivity contribution in [3.63, 3.8) is 0 Å². The van der Waals surface area contributed by atoms with Gasteiger partial charge in [0.05, 0.1) is 0 Å². The molecule has 0 amide bonds. The molecule has 1 aromatic heterocycles. The summed E-state index contributed by atoms with van der Waals surface area (Å²) in [6.45, 7) is 2.97. The van der Waals surface area contributed by atoms with Crippen molar-refractivity contribution in [3.8, 4) is 11.4 Å². The Labute approximate surface area is 161 Å². The Morgan fingerprint density at radius 2 is 1.88 bits per heavy atom. The minimum Gasteiger partial charge on any atom is -0.378 e. The van der Waals surface area contributed by atoms with Gasteiger partial charge in [-0.2, -0.15) is 0 Å². The molecule has 4 nitrogen and oxygen atoms in total. The summed E-state index contributed by atoms with van der Waals surface area (Å²) in [7, 11) is 4.09. The van der Waals surface area contributed by atoms with E-state index in [0.29, 0.717) is 0 Å². The van der Waals surface area contributed by atoms with Crippen LogP contribution in [0.3, 0.4) is 0 Å². The molecule has 3 aromatic rings. The molecular weight excluding hydrogens is 396 g/mol. The quantitative estimate of drug-likeness (QED) is 0.524. The van der Waals surface area contributed by atoms with Gasteiger partial charge in [0.2, 0.25) is 0 Å². The number of aromatic nitrogens is 3. The van der Waals surface area contributed by atoms with E-state index < -0.39 is 0 Å². The number of thioether (sulfide) groups is 1. The first-order valence-corrected chi connectivity index (χ1v) is 9.94. The number of benzene rings is 2. The van der Waals surface area contributed by atoms with Gasteiger partial charge in [0.25, 0.3) is 0 Å². The van der Waals surface area contributed by atoms with Gasteiger partial charge in [0.1, 0.15) is 0 Å². The van der Waals surface area contributed by atoms with Gasteiger partial charge in [0, 0.05) is 42.1 Å². The third kappa shape index (κ3) is 4.25. The molecule has 0 fully saturated rings. The van der Waals surface area contributed by atoms with Crippen LogP contribution in [0.1, 0.15) is 12.5 Å². The van der Waals surface area contributed by atoms with Crippen molar-refractivity contribution in [1.29, 1.82) is 0 Å². The van der Waals surface area contributed by atoms with Crippen molar-refractivity contribution in [3.05, 3.63) is 58.6 Å². The number of hydrogen-bond donors (Lipinski definition) is 0. The van der Waals surface area contributed by atoms with Crippen molar-refractivity contribution in [2.45, 2.75) is 24.4 Å². The Morgan fingerprint density at radius 3 is 2.60 bits per heavy atom. The number of hydrogen-bond acceptors (Lipinski definition) is 4. The van der Waals surface area contributed by atoms with E-state index >= 15 is 0 Å². The van der Waals surface area contributed by atoms with Crippen molar-refractivity contribution in [2.24, 2.45) is 0 Å². The molecule has 0 aliphatic carbocycles. The summed E-state index contributed by atoms with van der Waals surface area (Å²) in [6.07, 6.45) is 0. The fourth-order valence-electron chi connectivity index (χ4n) is 2.59. The standard InChI is InChI=1S/C19H21BrN4S/c1-4-24-18(15-8-6-10-17(12-15)23(2)3)21-22-19(24)25-13-14-7-5-9-16(20)11-14/h5-12H,4,13H2,1-3H3. The summed E-state index contributed by atoms with van der Waals surface area (Å²) in [4.78, 5) is 2.10. The molecule has 0 saturated heterocycles. The zero-order valence-corrected chi connectivity index (χ0v) is 17.0. The van der Waals surface area contributed by atoms with Crippen LogP contribution in [0.4, 0.5) is 5.69 Å². The Kier molecular flexibility index (Phi) is 5.81. The van der Waals surface area contributed by atoms with Crippen molar-refractivity contribution in [2.75, 3.05) is 19.0 Å². The molecule has 0 unspecified atom stereocenters. The van der Waals surface area contributed by atoms with E-state index in [1.54, 1.807) is 11.8 Å². The zero-order valence-electron chi connectivity index (χ0n) is 14.6. The van der Waals surface area contributed by atoms with Crippen LogP contribution in [0, 0.1) is 0 Å². The summed E-state index contributed by atoms with van der Waals surface area (Å²) in [6, 6.07) is 16.8. The molecule has 0 saturated carbocycles. The summed E-state index contributed by atoms with van der Waals surface area (Å²) in [5.41, 5.74) is 3.52. The van der Waals surface area contributed by atoms with Crippen LogP contribution >= 0.6 is 27.7 Å². The summed E-state index contributed by atoms with van der Waals surface area (Å²) in [5.74, 6) is 1.79. The van der Waals surface area contributed by atoms with Crippen LogP contribution in [0.15, 0.2) is 58.2 Å². The lowest BCUT2D eigenvalue weighted by Gasteiger charge is -2.14.